The van der Waals surface area contributed by atoms with Gasteiger partial charge < -0.3 is 9.84 Å². The number of hydrogen-bond acceptors (Lipinski definition) is 2. The van der Waals surface area contributed by atoms with E-state index in [0.717, 1.165) is 17.7 Å². The van der Waals surface area contributed by atoms with E-state index in [1.807, 2.05) is 30.3 Å². The van der Waals surface area contributed by atoms with Crippen molar-refractivity contribution in [2.24, 2.45) is 0 Å². The second kappa shape index (κ2) is 8.07. The van der Waals surface area contributed by atoms with Gasteiger partial charge in [0.2, 0.25) is 0 Å². The highest BCUT2D eigenvalue weighted by atomic mass is 19.4. The Hall–Kier alpha value is -2.79. The molecule has 2 nitrogen and oxygen atoms in total. The lowest BCUT2D eigenvalue weighted by Gasteiger charge is -2.28. The van der Waals surface area contributed by atoms with Gasteiger partial charge in [-0.25, -0.2) is 0 Å². The van der Waals surface area contributed by atoms with Gasteiger partial charge in [-0.2, -0.15) is 13.2 Å². The maximum atomic E-state index is 12.8. The van der Waals surface area contributed by atoms with Crippen molar-refractivity contribution < 1.29 is 23.0 Å². The first kappa shape index (κ1) is 20.0. The molecule has 3 aromatic rings. The highest BCUT2D eigenvalue weighted by Gasteiger charge is 2.33. The second-order valence-corrected chi connectivity index (χ2v) is 6.59. The van der Waals surface area contributed by atoms with Crippen LogP contribution in [0.4, 0.5) is 13.2 Å². The van der Waals surface area contributed by atoms with Crippen LogP contribution in [0.1, 0.15) is 35.6 Å². The van der Waals surface area contributed by atoms with Crippen molar-refractivity contribution in [3.63, 3.8) is 0 Å². The lowest BCUT2D eigenvalue weighted by atomic mass is 9.84. The first-order valence-corrected chi connectivity index (χ1v) is 9.00. The van der Waals surface area contributed by atoms with E-state index in [1.165, 1.54) is 12.1 Å². The zero-order valence-electron chi connectivity index (χ0n) is 15.4. The minimum absolute atomic E-state index is 0.322. The molecule has 28 heavy (non-hydrogen) atoms. The zero-order valence-corrected chi connectivity index (χ0v) is 15.4. The third-order valence-electron chi connectivity index (χ3n) is 4.78. The summed E-state index contributed by atoms with van der Waals surface area (Å²) in [6.07, 6.45) is -4.08. The first-order chi connectivity index (χ1) is 13.3. The predicted molar refractivity (Wildman–Crippen MR) is 102 cm³/mol. The van der Waals surface area contributed by atoms with Crippen molar-refractivity contribution in [2.75, 3.05) is 0 Å². The minimum atomic E-state index is -4.40. The SMILES string of the molecule is CCC(O)(c1ccc(OCc2ccccc2)cc1)c1ccc(C(F)(F)F)cc1. The Morgan fingerprint density at radius 3 is 1.75 bits per heavy atom. The van der Waals surface area contributed by atoms with Gasteiger partial charge >= 0.3 is 6.18 Å². The van der Waals surface area contributed by atoms with Crippen LogP contribution in [0.15, 0.2) is 78.9 Å². The number of hydrogen-bond donors (Lipinski definition) is 1. The average Bonchev–Trinajstić information content (AvgIpc) is 2.72. The maximum absolute atomic E-state index is 12.8. The van der Waals surface area contributed by atoms with Crippen LogP contribution in [0.25, 0.3) is 0 Å². The quantitative estimate of drug-likeness (QED) is 0.569. The summed E-state index contributed by atoms with van der Waals surface area (Å²) in [7, 11) is 0. The summed E-state index contributed by atoms with van der Waals surface area (Å²) < 4.78 is 44.1. The number of aliphatic hydroxyl groups is 1. The monoisotopic (exact) mass is 386 g/mol. The van der Waals surface area contributed by atoms with Gasteiger partial charge in [0.1, 0.15) is 18.0 Å². The van der Waals surface area contributed by atoms with Gasteiger partial charge in [-0.05, 0) is 47.4 Å². The van der Waals surface area contributed by atoms with Gasteiger partial charge in [0.05, 0.1) is 5.56 Å². The summed E-state index contributed by atoms with van der Waals surface area (Å²) in [5.41, 5.74) is -0.0502. The van der Waals surface area contributed by atoms with E-state index < -0.39 is 17.3 Å². The van der Waals surface area contributed by atoms with Crippen LogP contribution in [0.2, 0.25) is 0 Å². The third kappa shape index (κ3) is 4.37. The van der Waals surface area contributed by atoms with Crippen LogP contribution in [-0.2, 0) is 18.4 Å². The van der Waals surface area contributed by atoms with Crippen LogP contribution >= 0.6 is 0 Å². The molecule has 1 N–H and O–H groups in total. The van der Waals surface area contributed by atoms with Crippen LogP contribution in [-0.4, -0.2) is 5.11 Å². The highest BCUT2D eigenvalue weighted by Crippen LogP contribution is 2.36. The molecule has 5 heteroatoms. The van der Waals surface area contributed by atoms with E-state index in [-0.39, 0.29) is 0 Å². The van der Waals surface area contributed by atoms with Gasteiger partial charge in [-0.1, -0.05) is 61.5 Å². The van der Waals surface area contributed by atoms with Crippen LogP contribution in [0.5, 0.6) is 5.75 Å². The van der Waals surface area contributed by atoms with Gasteiger partial charge in [-0.3, -0.25) is 0 Å². The zero-order chi connectivity index (χ0) is 20.2. The van der Waals surface area contributed by atoms with Crippen LogP contribution in [0, 0.1) is 0 Å². The summed E-state index contributed by atoms with van der Waals surface area (Å²) in [5, 5.41) is 11.1. The molecular formula is C23H21F3O2. The summed E-state index contributed by atoms with van der Waals surface area (Å²) in [5.74, 6) is 0.651. The molecule has 0 aromatic heterocycles. The maximum Gasteiger partial charge on any atom is 0.416 e. The number of benzene rings is 3. The van der Waals surface area contributed by atoms with Gasteiger partial charge in [-0.15, -0.1) is 0 Å². The molecule has 1 unspecified atom stereocenters. The fourth-order valence-corrected chi connectivity index (χ4v) is 3.08. The lowest BCUT2D eigenvalue weighted by molar-refractivity contribution is -0.137. The molecule has 0 aliphatic heterocycles. The van der Waals surface area contributed by atoms with E-state index in [9.17, 15) is 18.3 Å². The lowest BCUT2D eigenvalue weighted by Crippen LogP contribution is -2.26. The van der Waals surface area contributed by atoms with Gasteiger partial charge in [0.25, 0.3) is 0 Å². The Bertz CT molecular complexity index is 888. The topological polar surface area (TPSA) is 29.5 Å². The van der Waals surface area contributed by atoms with Crippen molar-refractivity contribution >= 4 is 0 Å². The van der Waals surface area contributed by atoms with Crippen molar-refractivity contribution in [1.29, 1.82) is 0 Å². The first-order valence-electron chi connectivity index (χ1n) is 9.00. The molecule has 0 aliphatic carbocycles. The molecule has 0 bridgehead atoms. The van der Waals surface area contributed by atoms with Gasteiger partial charge in [0, 0.05) is 0 Å². The standard InChI is InChI=1S/C23H21F3O2/c1-2-22(27,18-8-10-20(11-9-18)23(24,25)26)19-12-14-21(15-13-19)28-16-17-6-4-3-5-7-17/h3-15,27H,2,16H2,1H3. The third-order valence-corrected chi connectivity index (χ3v) is 4.78. The van der Waals surface area contributed by atoms with E-state index >= 15 is 0 Å². The molecule has 0 saturated heterocycles. The smallest absolute Gasteiger partial charge is 0.416 e. The molecule has 0 aliphatic rings. The number of halogens is 3. The normalized spacial score (nSPS) is 13.8. The Labute approximate surface area is 162 Å². The molecule has 0 spiro atoms. The molecule has 0 radical (unpaired) electrons. The Balaban J connectivity index is 1.78. The highest BCUT2D eigenvalue weighted by molar-refractivity contribution is 5.40. The van der Waals surface area contributed by atoms with E-state index in [4.69, 9.17) is 4.74 Å². The number of rotatable bonds is 6. The second-order valence-electron chi connectivity index (χ2n) is 6.59. The molecule has 0 heterocycles. The molecule has 0 amide bonds. The number of ether oxygens (including phenoxy) is 1. The van der Waals surface area contributed by atoms with Crippen LogP contribution < -0.4 is 4.74 Å². The van der Waals surface area contributed by atoms with E-state index in [0.29, 0.717) is 29.9 Å². The minimum Gasteiger partial charge on any atom is -0.489 e. The summed E-state index contributed by atoms with van der Waals surface area (Å²) >= 11 is 0. The summed E-state index contributed by atoms with van der Waals surface area (Å²) in [6.45, 7) is 2.22. The molecule has 1 atom stereocenters. The molecule has 3 aromatic carbocycles. The predicted octanol–water partition coefficient (Wildman–Crippen LogP) is 5.93. The molecular weight excluding hydrogens is 365 g/mol. The fourth-order valence-electron chi connectivity index (χ4n) is 3.08. The Morgan fingerprint density at radius 1 is 0.750 bits per heavy atom. The van der Waals surface area contributed by atoms with E-state index in [2.05, 4.69) is 0 Å². The van der Waals surface area contributed by atoms with Crippen molar-refractivity contribution in [2.45, 2.75) is 31.7 Å². The Kier molecular flexibility index (Phi) is 5.75. The Morgan fingerprint density at radius 2 is 1.25 bits per heavy atom. The number of alkyl halides is 3. The van der Waals surface area contributed by atoms with Crippen LogP contribution in [0.3, 0.4) is 0 Å². The molecule has 3 rings (SSSR count). The molecule has 0 fully saturated rings. The largest absolute Gasteiger partial charge is 0.489 e. The fraction of sp³-hybridized carbons (Fsp3) is 0.217. The van der Waals surface area contributed by atoms with Crippen molar-refractivity contribution in [3.05, 3.63) is 101 Å². The summed E-state index contributed by atoms with van der Waals surface area (Å²) in [6, 6.07) is 21.4. The van der Waals surface area contributed by atoms with Crippen molar-refractivity contribution in [1.82, 2.24) is 0 Å². The van der Waals surface area contributed by atoms with Gasteiger partial charge in [0.15, 0.2) is 0 Å². The molecule has 0 saturated carbocycles. The van der Waals surface area contributed by atoms with E-state index in [1.54, 1.807) is 31.2 Å². The molecule has 146 valence electrons. The summed E-state index contributed by atoms with van der Waals surface area (Å²) in [4.78, 5) is 0. The van der Waals surface area contributed by atoms with Crippen molar-refractivity contribution in [3.8, 4) is 5.75 Å². The average molecular weight is 386 g/mol.